The number of benzene rings is 11. The normalized spacial score (nSPS) is 12.5. The standard InChI is InChI=1S/C67H46N2/c1-6-20-47(21-7-1)49-34-37-56(38-35-49)68(55-28-14-5-15-29-55)58-43-51(48-22-8-2-9-23-48)42-52(44-58)50-36-41-66-62(45-50)61-31-17-19-33-65(61)69(66)57-39-40-60-59-30-16-18-32-63(59)67(64(60)46-57,53-24-10-3-11-25-53)54-26-12-4-13-27-54/h1-46H. The van der Waals surface area contributed by atoms with E-state index in [-0.39, 0.29) is 0 Å². The quantitative estimate of drug-likeness (QED) is 0.140. The fraction of sp³-hybridized carbons (Fsp3) is 0.0149. The first-order chi connectivity index (χ1) is 34.2. The van der Waals surface area contributed by atoms with E-state index in [1.165, 1.54) is 71.9 Å². The molecule has 0 N–H and O–H groups in total. The fourth-order valence-electron chi connectivity index (χ4n) is 11.2. The lowest BCUT2D eigenvalue weighted by Crippen LogP contribution is -2.28. The molecule has 324 valence electrons. The summed E-state index contributed by atoms with van der Waals surface area (Å²) in [6.45, 7) is 0. The van der Waals surface area contributed by atoms with E-state index in [1.807, 2.05) is 0 Å². The second kappa shape index (κ2) is 16.7. The largest absolute Gasteiger partial charge is 0.310 e. The molecule has 1 aliphatic carbocycles. The van der Waals surface area contributed by atoms with Crippen LogP contribution in [0.4, 0.5) is 17.1 Å². The maximum Gasteiger partial charge on any atom is 0.0714 e. The number of aromatic nitrogens is 1. The molecular formula is C67H46N2. The summed E-state index contributed by atoms with van der Waals surface area (Å²) in [4.78, 5) is 2.38. The van der Waals surface area contributed by atoms with Gasteiger partial charge in [-0.2, -0.15) is 0 Å². The maximum atomic E-state index is 2.47. The number of rotatable bonds is 9. The first kappa shape index (κ1) is 40.3. The van der Waals surface area contributed by atoms with Crippen molar-refractivity contribution in [3.05, 3.63) is 301 Å². The third-order valence-corrected chi connectivity index (χ3v) is 14.2. The van der Waals surface area contributed by atoms with Crippen LogP contribution in [0.1, 0.15) is 22.3 Å². The lowest BCUT2D eigenvalue weighted by Gasteiger charge is -2.34. The smallest absolute Gasteiger partial charge is 0.0714 e. The van der Waals surface area contributed by atoms with Gasteiger partial charge in [-0.25, -0.2) is 0 Å². The van der Waals surface area contributed by atoms with Crippen molar-refractivity contribution in [2.75, 3.05) is 4.90 Å². The van der Waals surface area contributed by atoms with Crippen molar-refractivity contribution in [1.82, 2.24) is 4.57 Å². The van der Waals surface area contributed by atoms with Gasteiger partial charge in [0.1, 0.15) is 0 Å². The molecule has 12 aromatic rings. The summed E-state index contributed by atoms with van der Waals surface area (Å²) in [5.41, 5.74) is 21.0. The third-order valence-electron chi connectivity index (χ3n) is 14.2. The number of para-hydroxylation sites is 2. The van der Waals surface area contributed by atoms with Gasteiger partial charge in [-0.3, -0.25) is 0 Å². The van der Waals surface area contributed by atoms with E-state index in [1.54, 1.807) is 0 Å². The summed E-state index contributed by atoms with van der Waals surface area (Å²) in [7, 11) is 0. The highest BCUT2D eigenvalue weighted by Crippen LogP contribution is 2.56. The third kappa shape index (κ3) is 6.72. The van der Waals surface area contributed by atoms with Gasteiger partial charge in [0.15, 0.2) is 0 Å². The van der Waals surface area contributed by atoms with Crippen molar-refractivity contribution in [3.8, 4) is 50.2 Å². The number of nitrogens with zero attached hydrogens (tertiary/aromatic N) is 2. The topological polar surface area (TPSA) is 8.17 Å². The highest BCUT2D eigenvalue weighted by molar-refractivity contribution is 6.11. The van der Waals surface area contributed by atoms with Crippen LogP contribution in [0.15, 0.2) is 279 Å². The predicted octanol–water partition coefficient (Wildman–Crippen LogP) is 17.6. The van der Waals surface area contributed by atoms with Crippen LogP contribution in [0.25, 0.3) is 72.0 Å². The Balaban J connectivity index is 0.989. The molecule has 13 rings (SSSR count). The molecule has 0 saturated carbocycles. The second-order valence-corrected chi connectivity index (χ2v) is 18.1. The highest BCUT2D eigenvalue weighted by Gasteiger charge is 2.46. The zero-order chi connectivity index (χ0) is 45.7. The molecule has 0 saturated heterocycles. The Morgan fingerprint density at radius 2 is 0.768 bits per heavy atom. The van der Waals surface area contributed by atoms with Gasteiger partial charge < -0.3 is 9.47 Å². The van der Waals surface area contributed by atoms with Crippen LogP contribution >= 0.6 is 0 Å². The molecule has 0 radical (unpaired) electrons. The molecule has 1 heterocycles. The van der Waals surface area contributed by atoms with Crippen LogP contribution in [-0.2, 0) is 5.41 Å². The number of hydrogen-bond acceptors (Lipinski definition) is 1. The maximum absolute atomic E-state index is 2.47. The minimum absolute atomic E-state index is 0.491. The van der Waals surface area contributed by atoms with E-state index in [4.69, 9.17) is 0 Å². The molecule has 0 unspecified atom stereocenters. The van der Waals surface area contributed by atoms with Gasteiger partial charge in [-0.1, -0.05) is 206 Å². The number of fused-ring (bicyclic) bond motifs is 6. The zero-order valence-corrected chi connectivity index (χ0v) is 38.0. The van der Waals surface area contributed by atoms with Crippen molar-refractivity contribution in [2.45, 2.75) is 5.41 Å². The molecule has 1 aromatic heterocycles. The number of hydrogen-bond donors (Lipinski definition) is 0. The van der Waals surface area contributed by atoms with Crippen LogP contribution in [0.2, 0.25) is 0 Å². The van der Waals surface area contributed by atoms with Crippen LogP contribution in [0.5, 0.6) is 0 Å². The van der Waals surface area contributed by atoms with Gasteiger partial charge >= 0.3 is 0 Å². The zero-order valence-electron chi connectivity index (χ0n) is 38.0. The van der Waals surface area contributed by atoms with Crippen molar-refractivity contribution in [2.24, 2.45) is 0 Å². The first-order valence-corrected chi connectivity index (χ1v) is 23.8. The molecule has 0 spiro atoms. The van der Waals surface area contributed by atoms with Gasteiger partial charge in [-0.05, 0) is 140 Å². The van der Waals surface area contributed by atoms with Crippen LogP contribution in [-0.4, -0.2) is 4.57 Å². The molecule has 0 bridgehead atoms. The summed E-state index contributed by atoms with van der Waals surface area (Å²) >= 11 is 0. The van der Waals surface area contributed by atoms with Gasteiger partial charge in [-0.15, -0.1) is 0 Å². The predicted molar refractivity (Wildman–Crippen MR) is 289 cm³/mol. The Morgan fingerprint density at radius 1 is 0.275 bits per heavy atom. The average Bonchev–Trinajstić information content (AvgIpc) is 3.92. The highest BCUT2D eigenvalue weighted by atomic mass is 15.1. The van der Waals surface area contributed by atoms with Crippen molar-refractivity contribution >= 4 is 38.9 Å². The fourth-order valence-corrected chi connectivity index (χ4v) is 11.2. The van der Waals surface area contributed by atoms with Crippen LogP contribution < -0.4 is 4.90 Å². The monoisotopic (exact) mass is 878 g/mol. The minimum atomic E-state index is -0.491. The summed E-state index contributed by atoms with van der Waals surface area (Å²) < 4.78 is 2.47. The van der Waals surface area contributed by atoms with E-state index in [0.717, 1.165) is 39.4 Å². The number of anilines is 3. The molecule has 2 nitrogen and oxygen atoms in total. The van der Waals surface area contributed by atoms with E-state index in [0.29, 0.717) is 0 Å². The lowest BCUT2D eigenvalue weighted by atomic mass is 9.67. The molecule has 11 aromatic carbocycles. The summed E-state index contributed by atoms with van der Waals surface area (Å²) in [5, 5.41) is 2.44. The van der Waals surface area contributed by atoms with E-state index >= 15 is 0 Å². The summed E-state index contributed by atoms with van der Waals surface area (Å²) in [5.74, 6) is 0. The van der Waals surface area contributed by atoms with E-state index < -0.39 is 5.41 Å². The second-order valence-electron chi connectivity index (χ2n) is 18.1. The van der Waals surface area contributed by atoms with Crippen LogP contribution in [0, 0.1) is 0 Å². The molecule has 0 amide bonds. The average molecular weight is 879 g/mol. The Morgan fingerprint density at radius 3 is 1.45 bits per heavy atom. The summed E-state index contributed by atoms with van der Waals surface area (Å²) in [6.07, 6.45) is 0. The Labute approximate surface area is 403 Å². The molecule has 0 atom stereocenters. The van der Waals surface area contributed by atoms with Crippen LogP contribution in [0.3, 0.4) is 0 Å². The summed E-state index contributed by atoms with van der Waals surface area (Å²) in [6, 6.07) is 102. The SMILES string of the molecule is c1ccc(-c2ccc(N(c3ccccc3)c3cc(-c4ccccc4)cc(-c4ccc5c(c4)c4ccccc4n5-c4ccc5c(c4)C(c4ccccc4)(c4ccccc4)c4ccccc4-5)c3)cc2)cc1. The Hall–Kier alpha value is -8.98. The molecule has 2 heteroatoms. The van der Waals surface area contributed by atoms with Crippen molar-refractivity contribution < 1.29 is 0 Å². The van der Waals surface area contributed by atoms with Gasteiger partial charge in [0, 0.05) is 33.5 Å². The molecule has 69 heavy (non-hydrogen) atoms. The first-order valence-electron chi connectivity index (χ1n) is 23.8. The Kier molecular flexibility index (Phi) is 9.77. The lowest BCUT2D eigenvalue weighted by molar-refractivity contribution is 0.767. The van der Waals surface area contributed by atoms with Crippen molar-refractivity contribution in [1.29, 1.82) is 0 Å². The molecule has 0 aliphatic heterocycles. The Bertz CT molecular complexity index is 3760. The minimum Gasteiger partial charge on any atom is -0.310 e. The molecule has 1 aliphatic rings. The molecule has 0 fully saturated rings. The molecular weight excluding hydrogens is 833 g/mol. The van der Waals surface area contributed by atoms with Crippen molar-refractivity contribution in [3.63, 3.8) is 0 Å². The van der Waals surface area contributed by atoms with Gasteiger partial charge in [0.05, 0.1) is 16.4 Å². The van der Waals surface area contributed by atoms with Gasteiger partial charge in [0.2, 0.25) is 0 Å². The van der Waals surface area contributed by atoms with E-state index in [2.05, 4.69) is 289 Å². The van der Waals surface area contributed by atoms with Gasteiger partial charge in [0.25, 0.3) is 0 Å². The van der Waals surface area contributed by atoms with E-state index in [9.17, 15) is 0 Å².